The van der Waals surface area contributed by atoms with Crippen LogP contribution in [-0.4, -0.2) is 19.9 Å². The highest BCUT2D eigenvalue weighted by Crippen LogP contribution is 2.38. The average molecular weight is 346 g/mol. The van der Waals surface area contributed by atoms with E-state index < -0.39 is 0 Å². The van der Waals surface area contributed by atoms with Gasteiger partial charge in [-0.2, -0.15) is 5.10 Å². The number of nitrogens with one attached hydrogen (secondary N) is 2. The lowest BCUT2D eigenvalue weighted by Crippen LogP contribution is -2.22. The first-order valence-corrected chi connectivity index (χ1v) is 8.24. The molecule has 6 heteroatoms. The molecule has 2 aromatic carbocycles. The van der Waals surface area contributed by atoms with Crippen LogP contribution in [0, 0.1) is 6.92 Å². The van der Waals surface area contributed by atoms with Crippen molar-refractivity contribution in [2.45, 2.75) is 6.92 Å². The number of benzene rings is 2. The van der Waals surface area contributed by atoms with Gasteiger partial charge in [-0.25, -0.2) is 4.68 Å². The van der Waals surface area contributed by atoms with E-state index >= 15 is 0 Å². The second-order valence-corrected chi connectivity index (χ2v) is 6.22. The van der Waals surface area contributed by atoms with Gasteiger partial charge in [-0.3, -0.25) is 4.79 Å². The van der Waals surface area contributed by atoms with Crippen molar-refractivity contribution in [1.82, 2.24) is 14.8 Å². The Labute approximate surface area is 149 Å². The third-order valence-corrected chi connectivity index (χ3v) is 4.53. The highest BCUT2D eigenvalue weighted by molar-refractivity contribution is 5.95. The largest absolute Gasteiger partial charge is 0.507 e. The Morgan fingerprint density at radius 1 is 1.12 bits per heavy atom. The van der Waals surface area contributed by atoms with Crippen molar-refractivity contribution >= 4 is 22.3 Å². The zero-order chi connectivity index (χ0) is 18.3. The molecule has 0 atom stereocenters. The molecule has 0 saturated heterocycles. The Hall–Kier alpha value is -3.54. The predicted octanol–water partition coefficient (Wildman–Crippen LogP) is 3.69. The van der Waals surface area contributed by atoms with Crippen LogP contribution in [0.1, 0.15) is 5.56 Å². The van der Waals surface area contributed by atoms with Crippen molar-refractivity contribution in [3.63, 3.8) is 0 Å². The second kappa shape index (κ2) is 6.07. The molecule has 0 aliphatic heterocycles. The predicted molar refractivity (Wildman–Crippen MR) is 103 cm³/mol. The minimum absolute atomic E-state index is 0.151. The highest BCUT2D eigenvalue weighted by Gasteiger charge is 2.13. The third kappa shape index (κ3) is 2.61. The van der Waals surface area contributed by atoms with Crippen molar-refractivity contribution < 1.29 is 5.11 Å². The Bertz CT molecular complexity index is 1170. The molecule has 0 aliphatic carbocycles. The summed E-state index contributed by atoms with van der Waals surface area (Å²) in [5.41, 5.74) is 4.37. The van der Waals surface area contributed by atoms with Crippen molar-refractivity contribution in [2.75, 3.05) is 5.32 Å². The molecular formula is C20H18N4O2. The summed E-state index contributed by atoms with van der Waals surface area (Å²) >= 11 is 0. The van der Waals surface area contributed by atoms with E-state index in [1.807, 2.05) is 36.5 Å². The van der Waals surface area contributed by atoms with Crippen LogP contribution >= 0.6 is 0 Å². The number of phenolic OH excluding ortho intramolecular Hbond substituents is 1. The van der Waals surface area contributed by atoms with Gasteiger partial charge in [-0.1, -0.05) is 18.2 Å². The number of aromatic nitrogens is 3. The molecule has 26 heavy (non-hydrogen) atoms. The first-order chi connectivity index (χ1) is 12.5. The van der Waals surface area contributed by atoms with Gasteiger partial charge in [0.2, 0.25) is 0 Å². The van der Waals surface area contributed by atoms with E-state index in [9.17, 15) is 9.90 Å². The number of H-pyrrole nitrogens is 1. The zero-order valence-electron chi connectivity index (χ0n) is 14.4. The monoisotopic (exact) mass is 346 g/mol. The summed E-state index contributed by atoms with van der Waals surface area (Å²) < 4.78 is 1.31. The van der Waals surface area contributed by atoms with E-state index in [4.69, 9.17) is 0 Å². The molecule has 4 rings (SSSR count). The summed E-state index contributed by atoms with van der Waals surface area (Å²) in [4.78, 5) is 15.4. The number of phenols is 1. The molecule has 6 nitrogen and oxygen atoms in total. The van der Waals surface area contributed by atoms with Crippen LogP contribution in [-0.2, 0) is 7.05 Å². The summed E-state index contributed by atoms with van der Waals surface area (Å²) in [5, 5.41) is 18.7. The summed E-state index contributed by atoms with van der Waals surface area (Å²) in [6, 6.07) is 13.1. The van der Waals surface area contributed by atoms with Crippen LogP contribution in [0.15, 0.2) is 59.7 Å². The normalized spacial score (nSPS) is 11.0. The van der Waals surface area contributed by atoms with E-state index in [1.165, 1.54) is 4.68 Å². The zero-order valence-corrected chi connectivity index (χ0v) is 14.4. The van der Waals surface area contributed by atoms with Gasteiger partial charge in [-0.05, 0) is 31.2 Å². The van der Waals surface area contributed by atoms with Gasteiger partial charge < -0.3 is 15.4 Å². The summed E-state index contributed by atoms with van der Waals surface area (Å²) in [7, 11) is 1.62. The van der Waals surface area contributed by atoms with E-state index in [2.05, 4.69) is 15.4 Å². The van der Waals surface area contributed by atoms with Crippen molar-refractivity contribution in [3.8, 4) is 16.9 Å². The van der Waals surface area contributed by atoms with Crippen molar-refractivity contribution in [3.05, 3.63) is 70.8 Å². The maximum Gasteiger partial charge on any atom is 0.271 e. The summed E-state index contributed by atoms with van der Waals surface area (Å²) in [5.74, 6) is 0.195. The van der Waals surface area contributed by atoms with Crippen molar-refractivity contribution in [1.29, 1.82) is 0 Å². The van der Waals surface area contributed by atoms with E-state index in [0.29, 0.717) is 16.8 Å². The first-order valence-electron chi connectivity index (χ1n) is 8.24. The number of para-hydroxylation sites is 1. The Morgan fingerprint density at radius 2 is 1.92 bits per heavy atom. The van der Waals surface area contributed by atoms with Crippen LogP contribution < -0.4 is 10.9 Å². The number of hydrogen-bond donors (Lipinski definition) is 3. The fourth-order valence-corrected chi connectivity index (χ4v) is 3.05. The summed E-state index contributed by atoms with van der Waals surface area (Å²) in [6.07, 6.45) is 3.50. The fraction of sp³-hybridized carbons (Fsp3) is 0.100. The molecule has 0 amide bonds. The van der Waals surface area contributed by atoms with Crippen LogP contribution in [0.25, 0.3) is 22.0 Å². The third-order valence-electron chi connectivity index (χ3n) is 4.53. The molecule has 4 aromatic rings. The maximum absolute atomic E-state index is 12.2. The lowest BCUT2D eigenvalue weighted by atomic mass is 10.0. The van der Waals surface area contributed by atoms with E-state index in [1.54, 1.807) is 32.3 Å². The van der Waals surface area contributed by atoms with Gasteiger partial charge in [-0.15, -0.1) is 0 Å². The molecule has 0 saturated carbocycles. The van der Waals surface area contributed by atoms with Crippen LogP contribution in [0.3, 0.4) is 0 Å². The number of rotatable bonds is 3. The van der Waals surface area contributed by atoms with Crippen LogP contribution in [0.4, 0.5) is 11.4 Å². The Morgan fingerprint density at radius 3 is 2.73 bits per heavy atom. The standard InChI is InChI=1S/C20H18N4O2/c1-12-18(11-22-24(2)20(12)26)23-17-9-13-7-8-21-16(13)10-15(17)14-5-3-4-6-19(14)25/h3-11,21,23,25H,1-2H3. The van der Waals surface area contributed by atoms with E-state index in [0.717, 1.165) is 22.2 Å². The molecule has 2 heterocycles. The molecule has 0 radical (unpaired) electrons. The quantitative estimate of drug-likeness (QED) is 0.528. The number of nitrogens with zero attached hydrogens (tertiary/aromatic N) is 2. The molecule has 0 fully saturated rings. The molecule has 3 N–H and O–H groups in total. The molecule has 130 valence electrons. The maximum atomic E-state index is 12.2. The molecule has 0 bridgehead atoms. The highest BCUT2D eigenvalue weighted by atomic mass is 16.3. The fourth-order valence-electron chi connectivity index (χ4n) is 3.05. The second-order valence-electron chi connectivity index (χ2n) is 6.22. The van der Waals surface area contributed by atoms with Gasteiger partial charge in [0.25, 0.3) is 5.56 Å². The first kappa shape index (κ1) is 16.0. The minimum Gasteiger partial charge on any atom is -0.507 e. The smallest absolute Gasteiger partial charge is 0.271 e. The van der Waals surface area contributed by atoms with Crippen LogP contribution in [0.5, 0.6) is 5.75 Å². The van der Waals surface area contributed by atoms with Crippen molar-refractivity contribution in [2.24, 2.45) is 7.05 Å². The topological polar surface area (TPSA) is 82.9 Å². The number of anilines is 2. The van der Waals surface area contributed by atoms with Crippen LogP contribution in [0.2, 0.25) is 0 Å². The molecule has 0 spiro atoms. The lowest BCUT2D eigenvalue weighted by Gasteiger charge is -2.15. The lowest BCUT2D eigenvalue weighted by molar-refractivity contribution is 0.477. The SMILES string of the molecule is Cc1c(Nc2cc3cc[nH]c3cc2-c2ccccc2O)cnn(C)c1=O. The molecule has 0 unspecified atom stereocenters. The molecule has 0 aliphatic rings. The average Bonchev–Trinajstić information content (AvgIpc) is 3.09. The Kier molecular flexibility index (Phi) is 3.73. The van der Waals surface area contributed by atoms with E-state index in [-0.39, 0.29) is 11.3 Å². The molecular weight excluding hydrogens is 328 g/mol. The Balaban J connectivity index is 1.91. The van der Waals surface area contributed by atoms with Gasteiger partial charge in [0.1, 0.15) is 5.75 Å². The van der Waals surface area contributed by atoms with Gasteiger partial charge in [0.05, 0.1) is 11.9 Å². The minimum atomic E-state index is -0.151. The number of aromatic amines is 1. The van der Waals surface area contributed by atoms with Gasteiger partial charge in [0, 0.05) is 46.5 Å². The number of hydrogen-bond acceptors (Lipinski definition) is 4. The van der Waals surface area contributed by atoms with Gasteiger partial charge >= 0.3 is 0 Å². The van der Waals surface area contributed by atoms with Gasteiger partial charge in [0.15, 0.2) is 0 Å². The molecule has 2 aromatic heterocycles. The number of aromatic hydroxyl groups is 1. The number of aryl methyl sites for hydroxylation is 1. The number of fused-ring (bicyclic) bond motifs is 1. The summed E-state index contributed by atoms with van der Waals surface area (Å²) in [6.45, 7) is 1.76.